The van der Waals surface area contributed by atoms with Crippen molar-refractivity contribution in [1.29, 1.82) is 0 Å². The molecule has 1 rings (SSSR count). The lowest BCUT2D eigenvalue weighted by Gasteiger charge is -2.25. The fourth-order valence-electron chi connectivity index (χ4n) is 1.61. The van der Waals surface area contributed by atoms with E-state index in [-0.39, 0.29) is 16.6 Å². The van der Waals surface area contributed by atoms with Crippen LogP contribution in [-0.4, -0.2) is 23.2 Å². The molecule has 0 aliphatic rings. The van der Waals surface area contributed by atoms with Gasteiger partial charge in [0.1, 0.15) is 0 Å². The van der Waals surface area contributed by atoms with Crippen LogP contribution in [0.15, 0.2) is 22.7 Å². The average molecular weight is 354 g/mol. The highest BCUT2D eigenvalue weighted by Gasteiger charge is 2.34. The van der Waals surface area contributed by atoms with Crippen LogP contribution in [0.25, 0.3) is 0 Å². The van der Waals surface area contributed by atoms with Crippen LogP contribution < -0.4 is 5.32 Å². The van der Waals surface area contributed by atoms with Gasteiger partial charge >= 0.3 is 6.18 Å². The van der Waals surface area contributed by atoms with Gasteiger partial charge in [-0.3, -0.25) is 4.79 Å². The number of carbonyl (C=O) groups is 1. The van der Waals surface area contributed by atoms with Crippen LogP contribution >= 0.6 is 15.9 Å². The van der Waals surface area contributed by atoms with Crippen LogP contribution in [0.3, 0.4) is 0 Å². The first-order valence-corrected chi connectivity index (χ1v) is 6.66. The molecule has 3 nitrogen and oxygen atoms in total. The van der Waals surface area contributed by atoms with E-state index < -0.39 is 23.2 Å². The van der Waals surface area contributed by atoms with Crippen LogP contribution in [0, 0.1) is 0 Å². The number of benzene rings is 1. The molecule has 0 aromatic heterocycles. The Morgan fingerprint density at radius 3 is 2.45 bits per heavy atom. The summed E-state index contributed by atoms with van der Waals surface area (Å²) >= 11 is 2.82. The molecule has 0 heterocycles. The highest BCUT2D eigenvalue weighted by atomic mass is 79.9. The van der Waals surface area contributed by atoms with Gasteiger partial charge in [-0.25, -0.2) is 0 Å². The second-order valence-electron chi connectivity index (χ2n) is 5.00. The molecule has 0 radical (unpaired) electrons. The molecular formula is C13H15BrF3NO2. The second-order valence-corrected chi connectivity index (χ2v) is 5.86. The number of hydrogen-bond acceptors (Lipinski definition) is 2. The fraction of sp³-hybridized carbons (Fsp3) is 0.462. The third kappa shape index (κ3) is 4.49. The lowest BCUT2D eigenvalue weighted by molar-refractivity contribution is -0.138. The minimum absolute atomic E-state index is 0.0773. The predicted octanol–water partition coefficient (Wildman–Crippen LogP) is 3.36. The third-order valence-electron chi connectivity index (χ3n) is 2.72. The first-order chi connectivity index (χ1) is 9.07. The Labute approximate surface area is 123 Å². The summed E-state index contributed by atoms with van der Waals surface area (Å²) in [4.78, 5) is 12.0. The number of nitrogens with one attached hydrogen (secondary N) is 1. The Balaban J connectivity index is 3.01. The third-order valence-corrected chi connectivity index (χ3v) is 3.41. The molecule has 0 aliphatic heterocycles. The van der Waals surface area contributed by atoms with E-state index in [9.17, 15) is 18.0 Å². The Kier molecular flexibility index (Phi) is 5.21. The quantitative estimate of drug-likeness (QED) is 0.871. The number of aliphatic hydroxyl groups excluding tert-OH is 1. The molecule has 0 atom stereocenters. The lowest BCUT2D eigenvalue weighted by atomic mass is 10.00. The fourth-order valence-corrected chi connectivity index (χ4v) is 2.08. The first kappa shape index (κ1) is 17.0. The maximum Gasteiger partial charge on any atom is 0.417 e. The molecule has 0 bridgehead atoms. The van der Waals surface area contributed by atoms with Crippen molar-refractivity contribution in [2.24, 2.45) is 0 Å². The van der Waals surface area contributed by atoms with Gasteiger partial charge in [-0.1, -0.05) is 15.9 Å². The summed E-state index contributed by atoms with van der Waals surface area (Å²) in [6, 6.07) is 3.30. The summed E-state index contributed by atoms with van der Waals surface area (Å²) in [6.45, 7) is 3.25. The van der Waals surface area contributed by atoms with Gasteiger partial charge in [0.05, 0.1) is 5.56 Å². The van der Waals surface area contributed by atoms with E-state index in [1.54, 1.807) is 13.8 Å². The molecule has 1 amide bonds. The normalized spacial score (nSPS) is 12.3. The molecule has 2 N–H and O–H groups in total. The second kappa shape index (κ2) is 6.13. The molecule has 20 heavy (non-hydrogen) atoms. The summed E-state index contributed by atoms with van der Waals surface area (Å²) < 4.78 is 38.2. The lowest BCUT2D eigenvalue weighted by Crippen LogP contribution is -2.44. The molecule has 0 fully saturated rings. The molecule has 112 valence electrons. The van der Waals surface area contributed by atoms with E-state index >= 15 is 0 Å². The van der Waals surface area contributed by atoms with Gasteiger partial charge in [0.15, 0.2) is 0 Å². The number of halogens is 4. The largest absolute Gasteiger partial charge is 0.417 e. The van der Waals surface area contributed by atoms with Crippen molar-refractivity contribution in [3.05, 3.63) is 33.8 Å². The Bertz CT molecular complexity index is 501. The van der Waals surface area contributed by atoms with Crippen LogP contribution in [0.5, 0.6) is 0 Å². The van der Waals surface area contributed by atoms with E-state index in [4.69, 9.17) is 5.11 Å². The van der Waals surface area contributed by atoms with Crippen molar-refractivity contribution in [2.75, 3.05) is 6.61 Å². The number of rotatable bonds is 4. The van der Waals surface area contributed by atoms with Gasteiger partial charge in [-0.15, -0.1) is 0 Å². The maximum absolute atomic E-state index is 12.8. The van der Waals surface area contributed by atoms with Crippen molar-refractivity contribution >= 4 is 21.8 Å². The van der Waals surface area contributed by atoms with Gasteiger partial charge in [0, 0.05) is 22.2 Å². The molecular weight excluding hydrogens is 339 g/mol. The van der Waals surface area contributed by atoms with E-state index in [2.05, 4.69) is 21.2 Å². The Morgan fingerprint density at radius 1 is 1.35 bits per heavy atom. The average Bonchev–Trinajstić information content (AvgIpc) is 2.26. The summed E-state index contributed by atoms with van der Waals surface area (Å²) in [5.41, 5.74) is -1.67. The van der Waals surface area contributed by atoms with Gasteiger partial charge < -0.3 is 10.4 Å². The molecule has 0 aliphatic carbocycles. The monoisotopic (exact) mass is 353 g/mol. The summed E-state index contributed by atoms with van der Waals surface area (Å²) in [6.07, 6.45) is -4.23. The minimum Gasteiger partial charge on any atom is -0.396 e. The summed E-state index contributed by atoms with van der Waals surface area (Å²) in [5.74, 6) is -0.610. The van der Waals surface area contributed by atoms with Crippen molar-refractivity contribution in [3.8, 4) is 0 Å². The number of amides is 1. The van der Waals surface area contributed by atoms with Gasteiger partial charge in [-0.05, 0) is 38.5 Å². The zero-order chi connectivity index (χ0) is 15.6. The van der Waals surface area contributed by atoms with E-state index in [1.165, 1.54) is 12.1 Å². The van der Waals surface area contributed by atoms with Crippen molar-refractivity contribution in [3.63, 3.8) is 0 Å². The standard InChI is InChI=1S/C13H15BrF3NO2/c1-12(2,5-6-19)18-11(20)8-3-4-10(14)9(7-8)13(15,16)17/h3-4,7,19H,5-6H2,1-2H3,(H,18,20). The number of aliphatic hydroxyl groups is 1. The number of alkyl halides is 3. The maximum atomic E-state index is 12.8. The molecule has 0 saturated carbocycles. The van der Waals surface area contributed by atoms with E-state index in [0.29, 0.717) is 6.42 Å². The van der Waals surface area contributed by atoms with Crippen molar-refractivity contribution in [1.82, 2.24) is 5.32 Å². The topological polar surface area (TPSA) is 49.3 Å². The number of hydrogen-bond donors (Lipinski definition) is 2. The van der Waals surface area contributed by atoms with Gasteiger partial charge in [0.2, 0.25) is 0 Å². The smallest absolute Gasteiger partial charge is 0.396 e. The predicted molar refractivity (Wildman–Crippen MR) is 72.4 cm³/mol. The zero-order valence-corrected chi connectivity index (χ0v) is 12.6. The molecule has 1 aromatic carbocycles. The van der Waals surface area contributed by atoms with Gasteiger partial charge in [-0.2, -0.15) is 13.2 Å². The molecule has 0 spiro atoms. The zero-order valence-electron chi connectivity index (χ0n) is 11.0. The van der Waals surface area contributed by atoms with Crippen LogP contribution in [-0.2, 0) is 6.18 Å². The van der Waals surface area contributed by atoms with Crippen molar-refractivity contribution in [2.45, 2.75) is 32.0 Å². The molecule has 7 heteroatoms. The SMILES string of the molecule is CC(C)(CCO)NC(=O)c1ccc(Br)c(C(F)(F)F)c1. The van der Waals surface area contributed by atoms with Gasteiger partial charge in [0.25, 0.3) is 5.91 Å². The molecule has 0 saturated heterocycles. The van der Waals surface area contributed by atoms with E-state index in [1.807, 2.05) is 0 Å². The highest BCUT2D eigenvalue weighted by Crippen LogP contribution is 2.35. The van der Waals surface area contributed by atoms with E-state index in [0.717, 1.165) is 6.07 Å². The number of carbonyl (C=O) groups excluding carboxylic acids is 1. The Hall–Kier alpha value is -1.08. The highest BCUT2D eigenvalue weighted by molar-refractivity contribution is 9.10. The summed E-state index contributed by atoms with van der Waals surface area (Å²) in [7, 11) is 0. The van der Waals surface area contributed by atoms with Crippen LogP contribution in [0.1, 0.15) is 36.2 Å². The minimum atomic E-state index is -4.53. The van der Waals surface area contributed by atoms with Crippen LogP contribution in [0.2, 0.25) is 0 Å². The van der Waals surface area contributed by atoms with Crippen LogP contribution in [0.4, 0.5) is 13.2 Å². The first-order valence-electron chi connectivity index (χ1n) is 5.87. The molecule has 0 unspecified atom stereocenters. The molecule has 1 aromatic rings. The summed E-state index contributed by atoms with van der Waals surface area (Å²) in [5, 5.41) is 11.5. The Morgan fingerprint density at radius 2 is 1.95 bits per heavy atom. The van der Waals surface area contributed by atoms with Crippen molar-refractivity contribution < 1.29 is 23.1 Å².